The van der Waals surface area contributed by atoms with Gasteiger partial charge in [0.15, 0.2) is 0 Å². The van der Waals surface area contributed by atoms with Crippen LogP contribution in [-0.4, -0.2) is 10.7 Å². The van der Waals surface area contributed by atoms with Crippen LogP contribution in [0.5, 0.6) is 0 Å². The second-order valence-corrected chi connectivity index (χ2v) is 12.4. The molecule has 0 aliphatic carbocycles. The molecule has 144 valence electrons. The van der Waals surface area contributed by atoms with E-state index in [9.17, 15) is 0 Å². The highest BCUT2D eigenvalue weighted by molar-refractivity contribution is 9.11. The smallest absolute Gasteiger partial charge is 0.0851 e. The summed E-state index contributed by atoms with van der Waals surface area (Å²) >= 11 is 11.2. The van der Waals surface area contributed by atoms with Crippen molar-refractivity contribution >= 4 is 66.7 Å². The van der Waals surface area contributed by atoms with Crippen LogP contribution in [-0.2, 0) is 0 Å². The van der Waals surface area contributed by atoms with Gasteiger partial charge in [-0.1, -0.05) is 80.6 Å². The lowest BCUT2D eigenvalue weighted by Gasteiger charge is -2.29. The molecule has 0 saturated carbocycles. The van der Waals surface area contributed by atoms with Crippen LogP contribution in [0.4, 0.5) is 5.69 Å². The largest absolute Gasteiger partial charge is 0.340 e. The molecular weight excluding hydrogens is 490 g/mol. The van der Waals surface area contributed by atoms with Gasteiger partial charge in [0.05, 0.1) is 24.2 Å². The summed E-state index contributed by atoms with van der Waals surface area (Å²) in [5, 5.41) is 0. The minimum absolute atomic E-state index is 0.413. The lowest BCUT2D eigenvalue weighted by molar-refractivity contribution is 0.556. The van der Waals surface area contributed by atoms with Crippen molar-refractivity contribution in [3.63, 3.8) is 0 Å². The molecule has 5 heteroatoms. The van der Waals surface area contributed by atoms with Crippen molar-refractivity contribution < 1.29 is 0 Å². The number of halogens is 2. The molecular formula is C21H29Br2NS2. The average Bonchev–Trinajstić information content (AvgIpc) is 3.16. The topological polar surface area (TPSA) is 3.24 Å². The Hall–Kier alpha value is 0.290. The molecule has 3 heterocycles. The Kier molecular flexibility index (Phi) is 8.67. The normalized spacial score (nSPS) is 18.6. The molecule has 0 radical (unpaired) electrons. The van der Waals surface area contributed by atoms with Gasteiger partial charge >= 0.3 is 0 Å². The fraction of sp³-hybridized carbons (Fsp3) is 0.619. The molecule has 2 aliphatic rings. The molecule has 0 N–H and O–H groups in total. The van der Waals surface area contributed by atoms with E-state index < -0.39 is 0 Å². The standard InChI is InChI=1S/C21H29Br2NS2/c1-2-3-4-5-6-7-8-9-10-11-12-24-16-13-20(22)25-18(16)15-19-17(24)14-21(23)26-19/h13-15,20H,2-12H2,1H3. The van der Waals surface area contributed by atoms with E-state index in [0.29, 0.717) is 4.16 Å². The van der Waals surface area contributed by atoms with Crippen LogP contribution in [0.25, 0.3) is 6.08 Å². The Morgan fingerprint density at radius 1 is 1.00 bits per heavy atom. The number of nitrogens with zero attached hydrogens (tertiary/aromatic N) is 1. The number of hydrogen-bond acceptors (Lipinski definition) is 3. The first-order valence-corrected chi connectivity index (χ1v) is 13.4. The predicted octanol–water partition coefficient (Wildman–Crippen LogP) is 8.94. The summed E-state index contributed by atoms with van der Waals surface area (Å²) in [4.78, 5) is 5.36. The van der Waals surface area contributed by atoms with Crippen molar-refractivity contribution in [2.45, 2.75) is 75.3 Å². The summed E-state index contributed by atoms with van der Waals surface area (Å²) in [5.41, 5.74) is 2.79. The van der Waals surface area contributed by atoms with Gasteiger partial charge in [0.1, 0.15) is 0 Å². The lowest BCUT2D eigenvalue weighted by Crippen LogP contribution is -2.25. The molecule has 1 unspecified atom stereocenters. The van der Waals surface area contributed by atoms with Gasteiger partial charge < -0.3 is 4.90 Å². The van der Waals surface area contributed by atoms with E-state index in [0.717, 1.165) is 6.54 Å². The molecule has 0 amide bonds. The van der Waals surface area contributed by atoms with Crippen LogP contribution in [0, 0.1) is 0 Å². The van der Waals surface area contributed by atoms with E-state index in [1.807, 2.05) is 23.1 Å². The highest BCUT2D eigenvalue weighted by Gasteiger charge is 2.30. The number of thiophene rings is 1. The van der Waals surface area contributed by atoms with Gasteiger partial charge in [0.25, 0.3) is 0 Å². The molecule has 1 aromatic rings. The minimum atomic E-state index is 0.413. The van der Waals surface area contributed by atoms with Crippen molar-refractivity contribution in [2.24, 2.45) is 0 Å². The molecule has 0 fully saturated rings. The second kappa shape index (κ2) is 10.7. The number of hydrogen-bond donors (Lipinski definition) is 0. The van der Waals surface area contributed by atoms with Crippen LogP contribution >= 0.6 is 55.0 Å². The van der Waals surface area contributed by atoms with Gasteiger partial charge in [0, 0.05) is 11.4 Å². The van der Waals surface area contributed by atoms with Crippen LogP contribution < -0.4 is 4.90 Å². The predicted molar refractivity (Wildman–Crippen MR) is 128 cm³/mol. The number of rotatable bonds is 11. The zero-order valence-electron chi connectivity index (χ0n) is 15.6. The lowest BCUT2D eigenvalue weighted by atomic mass is 10.1. The van der Waals surface area contributed by atoms with Gasteiger partial charge in [-0.25, -0.2) is 0 Å². The van der Waals surface area contributed by atoms with Crippen LogP contribution in [0.15, 0.2) is 26.5 Å². The van der Waals surface area contributed by atoms with Crippen molar-refractivity contribution in [3.8, 4) is 0 Å². The zero-order chi connectivity index (χ0) is 18.4. The van der Waals surface area contributed by atoms with E-state index >= 15 is 0 Å². The summed E-state index contributed by atoms with van der Waals surface area (Å²) in [6.07, 6.45) is 18.6. The third-order valence-corrected chi connectivity index (χ3v) is 8.41. The highest BCUT2D eigenvalue weighted by Crippen LogP contribution is 2.50. The van der Waals surface area contributed by atoms with Gasteiger partial charge in [-0.05, 0) is 40.6 Å². The number of anilines is 1. The Bertz CT molecular complexity index is 650. The Balaban J connectivity index is 1.42. The van der Waals surface area contributed by atoms with Gasteiger partial charge in [-0.2, -0.15) is 0 Å². The molecule has 0 saturated heterocycles. The molecule has 0 bridgehead atoms. The van der Waals surface area contributed by atoms with E-state index in [4.69, 9.17) is 0 Å². The van der Waals surface area contributed by atoms with Crippen LogP contribution in [0.1, 0.15) is 76.0 Å². The number of thioether (sulfide) groups is 1. The molecule has 1 aromatic heterocycles. The molecule has 1 nitrogen and oxygen atoms in total. The number of fused-ring (bicyclic) bond motifs is 2. The third kappa shape index (κ3) is 5.65. The Morgan fingerprint density at radius 2 is 1.65 bits per heavy atom. The molecule has 2 aliphatic heterocycles. The summed E-state index contributed by atoms with van der Waals surface area (Å²) in [6, 6.07) is 2.29. The average molecular weight is 519 g/mol. The summed E-state index contributed by atoms with van der Waals surface area (Å²) in [6.45, 7) is 3.42. The van der Waals surface area contributed by atoms with Crippen molar-refractivity contribution in [1.82, 2.24) is 0 Å². The van der Waals surface area contributed by atoms with Crippen molar-refractivity contribution in [3.05, 3.63) is 31.4 Å². The molecule has 0 aromatic carbocycles. The first-order valence-electron chi connectivity index (χ1n) is 10.0. The second-order valence-electron chi connectivity index (χ2n) is 7.16. The fourth-order valence-corrected chi connectivity index (χ4v) is 7.10. The quantitative estimate of drug-likeness (QED) is 0.212. The maximum absolute atomic E-state index is 3.75. The monoisotopic (exact) mass is 517 g/mol. The van der Waals surface area contributed by atoms with Gasteiger partial charge in [0.2, 0.25) is 0 Å². The van der Waals surface area contributed by atoms with E-state index in [-0.39, 0.29) is 0 Å². The maximum Gasteiger partial charge on any atom is 0.0851 e. The molecule has 0 spiro atoms. The van der Waals surface area contributed by atoms with E-state index in [1.165, 1.54) is 89.2 Å². The highest BCUT2D eigenvalue weighted by atomic mass is 79.9. The van der Waals surface area contributed by atoms with Crippen LogP contribution in [0.2, 0.25) is 0 Å². The number of alkyl halides is 1. The first-order chi connectivity index (χ1) is 12.7. The first kappa shape index (κ1) is 21.0. The maximum atomic E-state index is 3.75. The Labute approximate surface area is 184 Å². The summed E-state index contributed by atoms with van der Waals surface area (Å²) in [5.74, 6) is 0. The van der Waals surface area contributed by atoms with Gasteiger partial charge in [-0.3, -0.25) is 0 Å². The SMILES string of the molecule is CCCCCCCCCCCCN1C2=CC(Br)SC2=Cc2sc(Br)cc21. The van der Waals surface area contributed by atoms with Gasteiger partial charge in [-0.15, -0.1) is 23.1 Å². The third-order valence-electron chi connectivity index (χ3n) is 5.07. The van der Waals surface area contributed by atoms with E-state index in [1.54, 1.807) is 0 Å². The minimum Gasteiger partial charge on any atom is -0.340 e. The Morgan fingerprint density at radius 3 is 2.35 bits per heavy atom. The van der Waals surface area contributed by atoms with E-state index in [2.05, 4.69) is 61.9 Å². The fourth-order valence-electron chi connectivity index (χ4n) is 3.68. The molecule has 3 rings (SSSR count). The number of unbranched alkanes of at least 4 members (excludes halogenated alkanes) is 9. The van der Waals surface area contributed by atoms with Crippen molar-refractivity contribution in [1.29, 1.82) is 0 Å². The zero-order valence-corrected chi connectivity index (χ0v) is 20.4. The van der Waals surface area contributed by atoms with Crippen molar-refractivity contribution in [2.75, 3.05) is 11.4 Å². The molecule has 1 atom stereocenters. The molecule has 26 heavy (non-hydrogen) atoms. The summed E-state index contributed by atoms with van der Waals surface area (Å²) in [7, 11) is 0. The summed E-state index contributed by atoms with van der Waals surface area (Å²) < 4.78 is 1.64. The van der Waals surface area contributed by atoms with Crippen LogP contribution in [0.3, 0.4) is 0 Å².